The maximum atomic E-state index is 12.1. The molecule has 1 aromatic carbocycles. The normalized spacial score (nSPS) is 19.6. The molecule has 0 bridgehead atoms. The highest BCUT2D eigenvalue weighted by Gasteiger charge is 2.22. The Balaban J connectivity index is 0.00000144. The number of carbonyl (C=O) groups excluding carboxylic acids is 1. The van der Waals surface area contributed by atoms with E-state index in [1.54, 1.807) is 24.3 Å². The molecular formula is C12H17ClN2O2. The average molecular weight is 257 g/mol. The number of carbonyl (C=O) groups is 1. The number of ether oxygens (including phenoxy) is 1. The third-order valence-corrected chi connectivity index (χ3v) is 2.66. The fourth-order valence-electron chi connectivity index (χ4n) is 1.86. The lowest BCUT2D eigenvalue weighted by Crippen LogP contribution is -2.44. The summed E-state index contributed by atoms with van der Waals surface area (Å²) in [4.78, 5) is 13.9. The van der Waals surface area contributed by atoms with E-state index in [-0.39, 0.29) is 24.4 Å². The fraction of sp³-hybridized carbons (Fsp3) is 0.417. The van der Waals surface area contributed by atoms with Gasteiger partial charge >= 0.3 is 0 Å². The largest absolute Gasteiger partial charge is 0.399 e. The summed E-state index contributed by atoms with van der Waals surface area (Å²) < 4.78 is 5.40. The molecule has 1 amide bonds. The molecule has 0 aromatic heterocycles. The van der Waals surface area contributed by atoms with Gasteiger partial charge in [0.15, 0.2) is 0 Å². The lowest BCUT2D eigenvalue weighted by molar-refractivity contribution is -0.0124. The Morgan fingerprint density at radius 1 is 1.53 bits per heavy atom. The third-order valence-electron chi connectivity index (χ3n) is 2.66. The van der Waals surface area contributed by atoms with Gasteiger partial charge in [0.25, 0.3) is 5.91 Å². The zero-order valence-corrected chi connectivity index (χ0v) is 10.6. The predicted octanol–water partition coefficient (Wildman–Crippen LogP) is 1.55. The highest BCUT2D eigenvalue weighted by atomic mass is 35.5. The fourth-order valence-corrected chi connectivity index (χ4v) is 1.86. The van der Waals surface area contributed by atoms with Crippen LogP contribution in [0.2, 0.25) is 0 Å². The highest BCUT2D eigenvalue weighted by molar-refractivity contribution is 5.95. The van der Waals surface area contributed by atoms with Crippen molar-refractivity contribution in [3.63, 3.8) is 0 Å². The summed E-state index contributed by atoms with van der Waals surface area (Å²) in [5, 5.41) is 0. The number of anilines is 1. The van der Waals surface area contributed by atoms with Crippen LogP contribution in [0.4, 0.5) is 5.69 Å². The Hall–Kier alpha value is -1.26. The first kappa shape index (κ1) is 13.8. The van der Waals surface area contributed by atoms with Crippen molar-refractivity contribution in [3.8, 4) is 0 Å². The second kappa shape index (κ2) is 5.89. The number of nitrogens with zero attached hydrogens (tertiary/aromatic N) is 1. The zero-order valence-electron chi connectivity index (χ0n) is 9.76. The smallest absolute Gasteiger partial charge is 0.254 e. The number of morpholine rings is 1. The summed E-state index contributed by atoms with van der Waals surface area (Å²) in [6.45, 7) is 3.87. The van der Waals surface area contributed by atoms with Crippen LogP contribution >= 0.6 is 12.4 Å². The van der Waals surface area contributed by atoms with E-state index in [2.05, 4.69) is 0 Å². The number of hydrogen-bond acceptors (Lipinski definition) is 3. The molecular weight excluding hydrogens is 240 g/mol. The van der Waals surface area contributed by atoms with Crippen LogP contribution in [0, 0.1) is 0 Å². The molecule has 1 fully saturated rings. The van der Waals surface area contributed by atoms with E-state index in [0.717, 1.165) is 0 Å². The minimum absolute atomic E-state index is 0. The minimum Gasteiger partial charge on any atom is -0.399 e. The molecule has 2 N–H and O–H groups in total. The first-order valence-corrected chi connectivity index (χ1v) is 5.43. The van der Waals surface area contributed by atoms with E-state index in [9.17, 15) is 4.79 Å². The van der Waals surface area contributed by atoms with Crippen LogP contribution in [0.3, 0.4) is 0 Å². The van der Waals surface area contributed by atoms with Crippen LogP contribution in [0.1, 0.15) is 17.3 Å². The van der Waals surface area contributed by atoms with Crippen LogP contribution < -0.4 is 5.73 Å². The van der Waals surface area contributed by atoms with Crippen molar-refractivity contribution >= 4 is 24.0 Å². The first-order chi connectivity index (χ1) is 7.66. The molecule has 2 rings (SSSR count). The standard InChI is InChI=1S/C12H16N2O2.ClH/c1-9-8-14(5-6-16-9)12(15)10-3-2-4-11(13)7-10;/h2-4,7,9H,5-6,8,13H2,1H3;1H. The Morgan fingerprint density at radius 2 is 2.29 bits per heavy atom. The molecule has 0 spiro atoms. The van der Waals surface area contributed by atoms with Crippen LogP contribution in [-0.2, 0) is 4.74 Å². The van der Waals surface area contributed by atoms with Crippen LogP contribution in [-0.4, -0.2) is 36.6 Å². The Kier molecular flexibility index (Phi) is 4.78. The summed E-state index contributed by atoms with van der Waals surface area (Å²) in [5.74, 6) is 0.0300. The number of halogens is 1. The molecule has 0 saturated carbocycles. The molecule has 1 unspecified atom stereocenters. The molecule has 1 atom stereocenters. The van der Waals surface area contributed by atoms with Gasteiger partial charge in [-0.15, -0.1) is 12.4 Å². The molecule has 1 heterocycles. The summed E-state index contributed by atoms with van der Waals surface area (Å²) in [5.41, 5.74) is 6.92. The minimum atomic E-state index is 0. The Bertz CT molecular complexity index is 398. The SMILES string of the molecule is CC1CN(C(=O)c2cccc(N)c2)CCO1.Cl. The predicted molar refractivity (Wildman–Crippen MR) is 69.4 cm³/mol. The van der Waals surface area contributed by atoms with Gasteiger partial charge in [0.05, 0.1) is 12.7 Å². The monoisotopic (exact) mass is 256 g/mol. The third kappa shape index (κ3) is 3.35. The van der Waals surface area contributed by atoms with Crippen LogP contribution in [0.25, 0.3) is 0 Å². The summed E-state index contributed by atoms with van der Waals surface area (Å²) in [6, 6.07) is 7.08. The van der Waals surface area contributed by atoms with E-state index in [4.69, 9.17) is 10.5 Å². The average Bonchev–Trinajstić information content (AvgIpc) is 2.28. The molecule has 94 valence electrons. The van der Waals surface area contributed by atoms with Crippen molar-refractivity contribution in [2.24, 2.45) is 0 Å². The van der Waals surface area contributed by atoms with Crippen molar-refractivity contribution in [1.29, 1.82) is 0 Å². The van der Waals surface area contributed by atoms with E-state index in [1.165, 1.54) is 0 Å². The molecule has 5 heteroatoms. The van der Waals surface area contributed by atoms with Gasteiger partial charge in [-0.1, -0.05) is 6.07 Å². The molecule has 17 heavy (non-hydrogen) atoms. The van der Waals surface area contributed by atoms with Crippen molar-refractivity contribution < 1.29 is 9.53 Å². The van der Waals surface area contributed by atoms with E-state index < -0.39 is 0 Å². The number of hydrogen-bond donors (Lipinski definition) is 1. The second-order valence-corrected chi connectivity index (χ2v) is 4.06. The number of amides is 1. The van der Waals surface area contributed by atoms with Crippen molar-refractivity contribution in [2.45, 2.75) is 13.0 Å². The molecule has 1 saturated heterocycles. The highest BCUT2D eigenvalue weighted by Crippen LogP contribution is 2.12. The summed E-state index contributed by atoms with van der Waals surface area (Å²) in [6.07, 6.45) is 0.110. The van der Waals surface area contributed by atoms with Gasteiger partial charge in [-0.05, 0) is 25.1 Å². The maximum Gasteiger partial charge on any atom is 0.254 e. The van der Waals surface area contributed by atoms with Gasteiger partial charge in [-0.2, -0.15) is 0 Å². The van der Waals surface area contributed by atoms with E-state index in [0.29, 0.717) is 30.9 Å². The van der Waals surface area contributed by atoms with Gasteiger partial charge in [-0.25, -0.2) is 0 Å². The quantitative estimate of drug-likeness (QED) is 0.776. The molecule has 1 aromatic rings. The summed E-state index contributed by atoms with van der Waals surface area (Å²) in [7, 11) is 0. The number of rotatable bonds is 1. The number of benzene rings is 1. The maximum absolute atomic E-state index is 12.1. The van der Waals surface area contributed by atoms with Gasteiger partial charge in [0.1, 0.15) is 0 Å². The van der Waals surface area contributed by atoms with Gasteiger partial charge in [-0.3, -0.25) is 4.79 Å². The van der Waals surface area contributed by atoms with Gasteiger partial charge < -0.3 is 15.4 Å². The van der Waals surface area contributed by atoms with Gasteiger partial charge in [0.2, 0.25) is 0 Å². The molecule has 4 nitrogen and oxygen atoms in total. The zero-order chi connectivity index (χ0) is 11.5. The molecule has 1 aliphatic rings. The van der Waals surface area contributed by atoms with Gasteiger partial charge in [0, 0.05) is 24.3 Å². The Labute approximate surface area is 107 Å². The topological polar surface area (TPSA) is 55.6 Å². The molecule has 0 radical (unpaired) electrons. The lowest BCUT2D eigenvalue weighted by Gasteiger charge is -2.31. The summed E-state index contributed by atoms with van der Waals surface area (Å²) >= 11 is 0. The number of nitrogens with two attached hydrogens (primary N) is 1. The number of nitrogen functional groups attached to an aromatic ring is 1. The van der Waals surface area contributed by atoms with E-state index in [1.807, 2.05) is 11.8 Å². The van der Waals surface area contributed by atoms with Crippen LogP contribution in [0.15, 0.2) is 24.3 Å². The second-order valence-electron chi connectivity index (χ2n) is 4.06. The Morgan fingerprint density at radius 3 is 2.94 bits per heavy atom. The first-order valence-electron chi connectivity index (χ1n) is 5.43. The van der Waals surface area contributed by atoms with E-state index >= 15 is 0 Å². The molecule has 0 aliphatic carbocycles. The lowest BCUT2D eigenvalue weighted by atomic mass is 10.1. The van der Waals surface area contributed by atoms with Crippen molar-refractivity contribution in [2.75, 3.05) is 25.4 Å². The van der Waals surface area contributed by atoms with Crippen molar-refractivity contribution in [1.82, 2.24) is 4.90 Å². The molecule has 1 aliphatic heterocycles. The van der Waals surface area contributed by atoms with Crippen LogP contribution in [0.5, 0.6) is 0 Å². The van der Waals surface area contributed by atoms with Crippen molar-refractivity contribution in [3.05, 3.63) is 29.8 Å².